The Kier molecular flexibility index (Phi) is 5.05. The standard InChI is InChI=1S/C14H20N6O2/c1-4-20-10(3)14(9(2)19-20)18-13(22)7-15-6-11-5-12(21)17-8-16-11/h5,8,15H,4,6-7H2,1-3H3,(H,18,22)(H,16,17,21). The Bertz CT molecular complexity index is 718. The van der Waals surface area contributed by atoms with Gasteiger partial charge in [0, 0.05) is 19.2 Å². The first kappa shape index (κ1) is 15.9. The molecule has 0 saturated carbocycles. The fourth-order valence-corrected chi connectivity index (χ4v) is 2.18. The molecule has 1 amide bonds. The van der Waals surface area contributed by atoms with Crippen molar-refractivity contribution in [1.29, 1.82) is 0 Å². The van der Waals surface area contributed by atoms with Crippen LogP contribution >= 0.6 is 0 Å². The van der Waals surface area contributed by atoms with Gasteiger partial charge in [-0.1, -0.05) is 0 Å². The first-order valence-electron chi connectivity index (χ1n) is 7.09. The van der Waals surface area contributed by atoms with Crippen LogP contribution in [0.1, 0.15) is 24.0 Å². The summed E-state index contributed by atoms with van der Waals surface area (Å²) in [7, 11) is 0. The summed E-state index contributed by atoms with van der Waals surface area (Å²) in [6, 6.07) is 1.39. The molecular formula is C14H20N6O2. The summed E-state index contributed by atoms with van der Waals surface area (Å²) in [5, 5.41) is 10.2. The Balaban J connectivity index is 1.88. The summed E-state index contributed by atoms with van der Waals surface area (Å²) in [4.78, 5) is 29.5. The molecule has 2 aromatic heterocycles. The number of H-pyrrole nitrogens is 1. The van der Waals surface area contributed by atoms with Crippen LogP contribution in [0.15, 0.2) is 17.2 Å². The number of carbonyl (C=O) groups excluding carboxylic acids is 1. The molecule has 0 radical (unpaired) electrons. The topological polar surface area (TPSA) is 105 Å². The first-order valence-corrected chi connectivity index (χ1v) is 7.09. The summed E-state index contributed by atoms with van der Waals surface area (Å²) in [6.45, 7) is 7.03. The molecule has 0 bridgehead atoms. The van der Waals surface area contributed by atoms with Crippen molar-refractivity contribution in [3.8, 4) is 0 Å². The van der Waals surface area contributed by atoms with E-state index < -0.39 is 0 Å². The van der Waals surface area contributed by atoms with Crippen LogP contribution in [0.2, 0.25) is 0 Å². The van der Waals surface area contributed by atoms with Crippen LogP contribution in [0.3, 0.4) is 0 Å². The van der Waals surface area contributed by atoms with Crippen molar-refractivity contribution in [3.63, 3.8) is 0 Å². The molecule has 0 aliphatic rings. The largest absolute Gasteiger partial charge is 0.322 e. The summed E-state index contributed by atoms with van der Waals surface area (Å²) >= 11 is 0. The molecule has 2 heterocycles. The number of hydrogen-bond acceptors (Lipinski definition) is 5. The third kappa shape index (κ3) is 3.79. The molecule has 0 spiro atoms. The third-order valence-corrected chi connectivity index (χ3v) is 3.27. The quantitative estimate of drug-likeness (QED) is 0.713. The zero-order chi connectivity index (χ0) is 16.1. The highest BCUT2D eigenvalue weighted by molar-refractivity contribution is 5.93. The van der Waals surface area contributed by atoms with Crippen molar-refractivity contribution in [2.24, 2.45) is 0 Å². The van der Waals surface area contributed by atoms with E-state index in [9.17, 15) is 9.59 Å². The maximum Gasteiger partial charge on any atom is 0.250 e. The average Bonchev–Trinajstić information content (AvgIpc) is 2.75. The lowest BCUT2D eigenvalue weighted by Gasteiger charge is -2.07. The predicted molar refractivity (Wildman–Crippen MR) is 82.6 cm³/mol. The van der Waals surface area contributed by atoms with Crippen molar-refractivity contribution in [2.75, 3.05) is 11.9 Å². The Hall–Kier alpha value is -2.48. The van der Waals surface area contributed by atoms with E-state index in [0.29, 0.717) is 12.2 Å². The predicted octanol–water partition coefficient (Wildman–Crippen LogP) is 0.331. The zero-order valence-corrected chi connectivity index (χ0v) is 12.9. The van der Waals surface area contributed by atoms with E-state index in [1.54, 1.807) is 0 Å². The van der Waals surface area contributed by atoms with Crippen molar-refractivity contribution in [1.82, 2.24) is 25.1 Å². The van der Waals surface area contributed by atoms with Crippen LogP contribution in [-0.4, -0.2) is 32.2 Å². The molecule has 8 nitrogen and oxygen atoms in total. The lowest BCUT2D eigenvalue weighted by molar-refractivity contribution is -0.115. The Morgan fingerprint density at radius 1 is 1.41 bits per heavy atom. The van der Waals surface area contributed by atoms with Gasteiger partial charge in [-0.3, -0.25) is 14.3 Å². The van der Waals surface area contributed by atoms with Crippen LogP contribution < -0.4 is 16.2 Å². The number of nitrogens with zero attached hydrogens (tertiary/aromatic N) is 3. The van der Waals surface area contributed by atoms with Gasteiger partial charge < -0.3 is 15.6 Å². The van der Waals surface area contributed by atoms with Gasteiger partial charge in [0.05, 0.1) is 35.6 Å². The van der Waals surface area contributed by atoms with Gasteiger partial charge in [-0.2, -0.15) is 5.10 Å². The third-order valence-electron chi connectivity index (χ3n) is 3.27. The molecule has 0 fully saturated rings. The minimum absolute atomic E-state index is 0.130. The van der Waals surface area contributed by atoms with Gasteiger partial charge >= 0.3 is 0 Å². The molecule has 0 unspecified atom stereocenters. The number of aromatic nitrogens is 4. The van der Waals surface area contributed by atoms with Crippen LogP contribution in [-0.2, 0) is 17.9 Å². The van der Waals surface area contributed by atoms with E-state index in [2.05, 4.69) is 25.7 Å². The molecule has 22 heavy (non-hydrogen) atoms. The highest BCUT2D eigenvalue weighted by Crippen LogP contribution is 2.18. The highest BCUT2D eigenvalue weighted by atomic mass is 16.2. The molecule has 0 aliphatic heterocycles. The molecule has 0 aromatic carbocycles. The average molecular weight is 304 g/mol. The summed E-state index contributed by atoms with van der Waals surface area (Å²) in [5.41, 5.74) is 2.86. The Labute approximate surface area is 128 Å². The molecule has 0 atom stereocenters. The van der Waals surface area contributed by atoms with Crippen molar-refractivity contribution in [3.05, 3.63) is 39.8 Å². The number of anilines is 1. The van der Waals surface area contributed by atoms with Gasteiger partial charge in [0.1, 0.15) is 0 Å². The maximum absolute atomic E-state index is 12.0. The second-order valence-corrected chi connectivity index (χ2v) is 4.92. The molecule has 8 heteroatoms. The molecular weight excluding hydrogens is 284 g/mol. The SMILES string of the molecule is CCn1nc(C)c(NC(=O)CNCc2cc(=O)[nH]cn2)c1C. The van der Waals surface area contributed by atoms with Gasteiger partial charge in [0.2, 0.25) is 5.91 Å². The van der Waals surface area contributed by atoms with E-state index in [4.69, 9.17) is 0 Å². The van der Waals surface area contributed by atoms with E-state index in [0.717, 1.165) is 23.6 Å². The van der Waals surface area contributed by atoms with Gasteiger partial charge in [-0.25, -0.2) is 4.98 Å². The number of rotatable bonds is 6. The van der Waals surface area contributed by atoms with Gasteiger partial charge in [0.15, 0.2) is 0 Å². The van der Waals surface area contributed by atoms with Crippen LogP contribution in [0.5, 0.6) is 0 Å². The lowest BCUT2D eigenvalue weighted by atomic mass is 10.3. The summed E-state index contributed by atoms with van der Waals surface area (Å²) in [6.07, 6.45) is 1.34. The highest BCUT2D eigenvalue weighted by Gasteiger charge is 2.13. The maximum atomic E-state index is 12.0. The molecule has 0 saturated heterocycles. The van der Waals surface area contributed by atoms with Crippen LogP contribution in [0.4, 0.5) is 5.69 Å². The van der Waals surface area contributed by atoms with Gasteiger partial charge in [-0.05, 0) is 20.8 Å². The molecule has 0 aliphatic carbocycles. The Morgan fingerprint density at radius 2 is 2.18 bits per heavy atom. The smallest absolute Gasteiger partial charge is 0.250 e. The van der Waals surface area contributed by atoms with Crippen molar-refractivity contribution < 1.29 is 4.79 Å². The number of hydrogen-bond donors (Lipinski definition) is 3. The minimum Gasteiger partial charge on any atom is -0.322 e. The molecule has 2 aromatic rings. The van der Waals surface area contributed by atoms with Crippen molar-refractivity contribution in [2.45, 2.75) is 33.9 Å². The van der Waals surface area contributed by atoms with E-state index in [1.807, 2.05) is 25.5 Å². The monoisotopic (exact) mass is 304 g/mol. The van der Waals surface area contributed by atoms with E-state index in [-0.39, 0.29) is 18.0 Å². The van der Waals surface area contributed by atoms with E-state index in [1.165, 1.54) is 12.4 Å². The number of aromatic amines is 1. The fourth-order valence-electron chi connectivity index (χ4n) is 2.18. The van der Waals surface area contributed by atoms with Gasteiger partial charge in [0.25, 0.3) is 5.56 Å². The second kappa shape index (κ2) is 6.99. The van der Waals surface area contributed by atoms with Gasteiger partial charge in [-0.15, -0.1) is 0 Å². The minimum atomic E-state index is -0.213. The number of nitrogens with one attached hydrogen (secondary N) is 3. The zero-order valence-electron chi connectivity index (χ0n) is 12.9. The molecule has 2 rings (SSSR count). The number of amides is 1. The Morgan fingerprint density at radius 3 is 2.82 bits per heavy atom. The van der Waals surface area contributed by atoms with Crippen molar-refractivity contribution >= 4 is 11.6 Å². The molecule has 118 valence electrons. The first-order chi connectivity index (χ1) is 10.5. The summed E-state index contributed by atoms with van der Waals surface area (Å²) in [5.74, 6) is -0.160. The second-order valence-electron chi connectivity index (χ2n) is 4.92. The normalized spacial score (nSPS) is 10.7. The van der Waals surface area contributed by atoms with Crippen LogP contribution in [0, 0.1) is 13.8 Å². The number of aryl methyl sites for hydroxylation is 2. The molecule has 3 N–H and O–H groups in total. The fraction of sp³-hybridized carbons (Fsp3) is 0.429. The number of carbonyl (C=O) groups is 1. The van der Waals surface area contributed by atoms with E-state index >= 15 is 0 Å². The van der Waals surface area contributed by atoms with Crippen LogP contribution in [0.25, 0.3) is 0 Å². The summed E-state index contributed by atoms with van der Waals surface area (Å²) < 4.78 is 1.85. The lowest BCUT2D eigenvalue weighted by Crippen LogP contribution is -2.28.